The van der Waals surface area contributed by atoms with Gasteiger partial charge < -0.3 is 10.3 Å². The normalized spacial score (nSPS) is 10.7. The number of benzene rings is 2. The first kappa shape index (κ1) is 13.3. The molecule has 0 saturated carbocycles. The Morgan fingerprint density at radius 1 is 1.05 bits per heavy atom. The lowest BCUT2D eigenvalue weighted by atomic mass is 10.1. The van der Waals surface area contributed by atoms with E-state index in [0.717, 1.165) is 6.42 Å². The highest BCUT2D eigenvalue weighted by atomic mass is 19.1. The van der Waals surface area contributed by atoms with Gasteiger partial charge in [-0.15, -0.1) is 0 Å². The molecule has 0 bridgehead atoms. The van der Waals surface area contributed by atoms with Gasteiger partial charge in [-0.25, -0.2) is 4.39 Å². The Morgan fingerprint density at radius 3 is 2.62 bits per heavy atom. The molecule has 0 aliphatic rings. The van der Waals surface area contributed by atoms with Crippen molar-refractivity contribution < 1.29 is 8.91 Å². The summed E-state index contributed by atoms with van der Waals surface area (Å²) in [6.45, 7) is 0. The lowest BCUT2D eigenvalue weighted by Crippen LogP contribution is -1.93. The Hall–Kier alpha value is -2.69. The third-order valence-electron chi connectivity index (χ3n) is 3.17. The second kappa shape index (κ2) is 5.75. The topological polar surface area (TPSA) is 64.9 Å². The zero-order chi connectivity index (χ0) is 14.7. The summed E-state index contributed by atoms with van der Waals surface area (Å²) in [5.74, 6) is 0.272. The van der Waals surface area contributed by atoms with Crippen molar-refractivity contribution in [3.63, 3.8) is 0 Å². The summed E-state index contributed by atoms with van der Waals surface area (Å²) in [4.78, 5) is 4.23. The molecule has 2 N–H and O–H groups in total. The second-order valence-corrected chi connectivity index (χ2v) is 4.74. The fourth-order valence-corrected chi connectivity index (χ4v) is 2.07. The summed E-state index contributed by atoms with van der Waals surface area (Å²) < 4.78 is 18.9. The largest absolute Gasteiger partial charge is 0.399 e. The van der Waals surface area contributed by atoms with E-state index in [1.54, 1.807) is 12.1 Å². The molecule has 0 radical (unpaired) electrons. The minimum atomic E-state index is -0.465. The van der Waals surface area contributed by atoms with Gasteiger partial charge in [-0.3, -0.25) is 0 Å². The Morgan fingerprint density at radius 2 is 1.86 bits per heavy atom. The standard InChI is InChI=1S/C16H14FN3O/c17-14-10-12(18)7-8-13(14)16-19-15(20-21-16)9-6-11-4-2-1-3-5-11/h1-5,7-8,10H,6,9,18H2. The van der Waals surface area contributed by atoms with Crippen molar-refractivity contribution in [2.45, 2.75) is 12.8 Å². The van der Waals surface area contributed by atoms with Crippen molar-refractivity contribution in [1.29, 1.82) is 0 Å². The zero-order valence-electron chi connectivity index (χ0n) is 11.3. The van der Waals surface area contributed by atoms with Crippen molar-refractivity contribution in [3.05, 3.63) is 65.7 Å². The molecular formula is C16H14FN3O. The number of hydrogen-bond donors (Lipinski definition) is 1. The zero-order valence-corrected chi connectivity index (χ0v) is 11.3. The van der Waals surface area contributed by atoms with Gasteiger partial charge >= 0.3 is 0 Å². The van der Waals surface area contributed by atoms with E-state index in [4.69, 9.17) is 10.3 Å². The van der Waals surface area contributed by atoms with Crippen LogP contribution >= 0.6 is 0 Å². The smallest absolute Gasteiger partial charge is 0.260 e. The molecule has 106 valence electrons. The van der Waals surface area contributed by atoms with Gasteiger partial charge in [-0.1, -0.05) is 35.5 Å². The fourth-order valence-electron chi connectivity index (χ4n) is 2.07. The van der Waals surface area contributed by atoms with Crippen LogP contribution in [0.1, 0.15) is 11.4 Å². The lowest BCUT2D eigenvalue weighted by Gasteiger charge is -1.98. The predicted molar refractivity (Wildman–Crippen MR) is 78.0 cm³/mol. The maximum Gasteiger partial charge on any atom is 0.260 e. The number of nitrogens with two attached hydrogens (primary N) is 1. The van der Waals surface area contributed by atoms with Crippen LogP contribution in [0.25, 0.3) is 11.5 Å². The van der Waals surface area contributed by atoms with E-state index in [9.17, 15) is 4.39 Å². The molecule has 0 atom stereocenters. The van der Waals surface area contributed by atoms with Crippen LogP contribution in [0, 0.1) is 5.82 Å². The van der Waals surface area contributed by atoms with E-state index in [1.807, 2.05) is 30.3 Å². The third kappa shape index (κ3) is 3.08. The van der Waals surface area contributed by atoms with Gasteiger partial charge in [-0.2, -0.15) is 4.98 Å². The maximum atomic E-state index is 13.8. The first-order valence-electron chi connectivity index (χ1n) is 6.64. The fraction of sp³-hybridized carbons (Fsp3) is 0.125. The van der Waals surface area contributed by atoms with E-state index in [1.165, 1.54) is 11.6 Å². The average Bonchev–Trinajstić information content (AvgIpc) is 2.95. The number of hydrogen-bond acceptors (Lipinski definition) is 4. The minimum Gasteiger partial charge on any atom is -0.399 e. The third-order valence-corrected chi connectivity index (χ3v) is 3.17. The maximum absolute atomic E-state index is 13.8. The van der Waals surface area contributed by atoms with Gasteiger partial charge in [0.2, 0.25) is 0 Å². The van der Waals surface area contributed by atoms with Crippen molar-refractivity contribution in [1.82, 2.24) is 10.1 Å². The highest BCUT2D eigenvalue weighted by molar-refractivity contribution is 5.58. The Balaban J connectivity index is 1.74. The monoisotopic (exact) mass is 283 g/mol. The Labute approximate surface area is 121 Å². The molecule has 2 aromatic carbocycles. The molecule has 0 spiro atoms. The number of aryl methyl sites for hydroxylation is 2. The van der Waals surface area contributed by atoms with Crippen LogP contribution in [0.3, 0.4) is 0 Å². The molecule has 0 aliphatic carbocycles. The summed E-state index contributed by atoms with van der Waals surface area (Å²) in [5, 5.41) is 3.89. The Kier molecular flexibility index (Phi) is 3.64. The van der Waals surface area contributed by atoms with Crippen molar-refractivity contribution in [2.24, 2.45) is 0 Å². The lowest BCUT2D eigenvalue weighted by molar-refractivity contribution is 0.420. The molecule has 4 nitrogen and oxygen atoms in total. The molecule has 0 saturated heterocycles. The second-order valence-electron chi connectivity index (χ2n) is 4.74. The molecule has 21 heavy (non-hydrogen) atoms. The van der Waals surface area contributed by atoms with Crippen molar-refractivity contribution in [3.8, 4) is 11.5 Å². The van der Waals surface area contributed by atoms with E-state index < -0.39 is 5.82 Å². The van der Waals surface area contributed by atoms with E-state index in [-0.39, 0.29) is 11.5 Å². The summed E-state index contributed by atoms with van der Waals surface area (Å²) in [7, 11) is 0. The van der Waals surface area contributed by atoms with Crippen LogP contribution in [0.15, 0.2) is 53.1 Å². The molecule has 0 fully saturated rings. The summed E-state index contributed by atoms with van der Waals surface area (Å²) >= 11 is 0. The van der Waals surface area contributed by atoms with Gasteiger partial charge in [-0.05, 0) is 30.2 Å². The van der Waals surface area contributed by atoms with Crippen LogP contribution in [0.4, 0.5) is 10.1 Å². The quantitative estimate of drug-likeness (QED) is 0.746. The van der Waals surface area contributed by atoms with Gasteiger partial charge in [0.1, 0.15) is 5.82 Å². The van der Waals surface area contributed by atoms with E-state index >= 15 is 0 Å². The highest BCUT2D eigenvalue weighted by Gasteiger charge is 2.13. The molecule has 3 aromatic rings. The first-order chi connectivity index (χ1) is 10.2. The number of halogens is 1. The summed E-state index contributed by atoms with van der Waals surface area (Å²) in [6, 6.07) is 14.4. The van der Waals surface area contributed by atoms with Crippen LogP contribution in [0.5, 0.6) is 0 Å². The first-order valence-corrected chi connectivity index (χ1v) is 6.64. The minimum absolute atomic E-state index is 0.176. The highest BCUT2D eigenvalue weighted by Crippen LogP contribution is 2.23. The van der Waals surface area contributed by atoms with E-state index in [0.29, 0.717) is 17.9 Å². The van der Waals surface area contributed by atoms with Gasteiger partial charge in [0.15, 0.2) is 5.82 Å². The van der Waals surface area contributed by atoms with Crippen LogP contribution in [0.2, 0.25) is 0 Å². The predicted octanol–water partition coefficient (Wildman–Crippen LogP) is 3.24. The summed E-state index contributed by atoms with van der Waals surface area (Å²) in [6.07, 6.45) is 1.45. The number of nitrogen functional groups attached to an aromatic ring is 1. The SMILES string of the molecule is Nc1ccc(-c2nc(CCc3ccccc3)no2)c(F)c1. The van der Waals surface area contributed by atoms with Crippen molar-refractivity contribution >= 4 is 5.69 Å². The van der Waals surface area contributed by atoms with Gasteiger partial charge in [0, 0.05) is 12.1 Å². The molecule has 1 aromatic heterocycles. The van der Waals surface area contributed by atoms with Gasteiger partial charge in [0.25, 0.3) is 5.89 Å². The van der Waals surface area contributed by atoms with Crippen LogP contribution < -0.4 is 5.73 Å². The molecule has 1 heterocycles. The van der Waals surface area contributed by atoms with E-state index in [2.05, 4.69) is 10.1 Å². The number of aromatic nitrogens is 2. The molecule has 0 unspecified atom stereocenters. The number of rotatable bonds is 4. The molecule has 5 heteroatoms. The van der Waals surface area contributed by atoms with Gasteiger partial charge in [0.05, 0.1) is 5.56 Å². The number of nitrogens with zero attached hydrogens (tertiary/aromatic N) is 2. The number of anilines is 1. The molecule has 3 rings (SSSR count). The molecular weight excluding hydrogens is 269 g/mol. The molecule has 0 amide bonds. The van der Waals surface area contributed by atoms with Crippen molar-refractivity contribution in [2.75, 3.05) is 5.73 Å². The summed E-state index contributed by atoms with van der Waals surface area (Å²) in [5.41, 5.74) is 7.34. The average molecular weight is 283 g/mol. The van der Waals surface area contributed by atoms with Crippen LogP contribution in [-0.4, -0.2) is 10.1 Å². The molecule has 0 aliphatic heterocycles. The Bertz CT molecular complexity index is 740. The van der Waals surface area contributed by atoms with Crippen LogP contribution in [-0.2, 0) is 12.8 Å².